The summed E-state index contributed by atoms with van der Waals surface area (Å²) in [5.41, 5.74) is 1.75. The van der Waals surface area contributed by atoms with E-state index < -0.39 is 0 Å². The molecule has 3 rings (SSSR count). The molecule has 1 aromatic heterocycles. The summed E-state index contributed by atoms with van der Waals surface area (Å²) >= 11 is 5.90. The molecule has 6 nitrogen and oxygen atoms in total. The Bertz CT molecular complexity index is 928. The van der Waals surface area contributed by atoms with Crippen molar-refractivity contribution in [3.8, 4) is 5.75 Å². The average Bonchev–Trinajstić information content (AvgIpc) is 2.65. The minimum atomic E-state index is -0.316. The summed E-state index contributed by atoms with van der Waals surface area (Å²) in [6.45, 7) is 4.25. The molecule has 0 aliphatic carbocycles. The molecular formula is C20H19ClN4O2. The Morgan fingerprint density at radius 2 is 1.70 bits per heavy atom. The van der Waals surface area contributed by atoms with Gasteiger partial charge in [0.05, 0.1) is 6.61 Å². The van der Waals surface area contributed by atoms with Crippen molar-refractivity contribution in [3.63, 3.8) is 0 Å². The highest BCUT2D eigenvalue weighted by molar-refractivity contribution is 6.30. The summed E-state index contributed by atoms with van der Waals surface area (Å²) in [5.74, 6) is 1.46. The van der Waals surface area contributed by atoms with Gasteiger partial charge in [0, 0.05) is 22.5 Å². The summed E-state index contributed by atoms with van der Waals surface area (Å²) in [6.07, 6.45) is 0. The number of anilines is 3. The number of hydrogen-bond acceptors (Lipinski definition) is 5. The van der Waals surface area contributed by atoms with Gasteiger partial charge >= 0.3 is 0 Å². The van der Waals surface area contributed by atoms with Gasteiger partial charge in [-0.1, -0.05) is 11.6 Å². The smallest absolute Gasteiger partial charge is 0.274 e. The number of aromatic nitrogens is 2. The van der Waals surface area contributed by atoms with Crippen molar-refractivity contribution in [1.82, 2.24) is 9.97 Å². The first kappa shape index (κ1) is 18.7. The molecule has 0 spiro atoms. The van der Waals surface area contributed by atoms with Crippen molar-refractivity contribution < 1.29 is 9.53 Å². The zero-order valence-corrected chi connectivity index (χ0v) is 15.7. The minimum Gasteiger partial charge on any atom is -0.494 e. The maximum absolute atomic E-state index is 12.5. The van der Waals surface area contributed by atoms with Crippen LogP contribution in [0.15, 0.2) is 54.6 Å². The normalized spacial score (nSPS) is 10.3. The molecule has 2 N–H and O–H groups in total. The molecule has 1 amide bonds. The van der Waals surface area contributed by atoms with Gasteiger partial charge in [0.15, 0.2) is 0 Å². The number of benzene rings is 2. The number of nitrogens with one attached hydrogen (secondary N) is 2. The van der Waals surface area contributed by atoms with Crippen molar-refractivity contribution in [3.05, 3.63) is 71.1 Å². The molecule has 0 atom stereocenters. The van der Waals surface area contributed by atoms with E-state index in [9.17, 15) is 4.79 Å². The van der Waals surface area contributed by atoms with Crippen molar-refractivity contribution in [2.45, 2.75) is 13.8 Å². The fourth-order valence-corrected chi connectivity index (χ4v) is 2.55. The van der Waals surface area contributed by atoms with Crippen LogP contribution in [0.1, 0.15) is 23.2 Å². The third kappa shape index (κ3) is 5.18. The molecule has 0 bridgehead atoms. The Labute approximate surface area is 162 Å². The maximum atomic E-state index is 12.5. The van der Waals surface area contributed by atoms with Crippen molar-refractivity contribution in [1.29, 1.82) is 0 Å². The van der Waals surface area contributed by atoms with Gasteiger partial charge < -0.3 is 15.4 Å². The van der Waals surface area contributed by atoms with E-state index in [-0.39, 0.29) is 11.6 Å². The number of carbonyl (C=O) groups is 1. The van der Waals surface area contributed by atoms with Crippen LogP contribution in [-0.4, -0.2) is 22.5 Å². The first-order valence-electron chi connectivity index (χ1n) is 8.46. The molecule has 0 unspecified atom stereocenters. The topological polar surface area (TPSA) is 76.1 Å². The lowest BCUT2D eigenvalue weighted by Crippen LogP contribution is -2.15. The van der Waals surface area contributed by atoms with Crippen LogP contribution in [0.3, 0.4) is 0 Å². The largest absolute Gasteiger partial charge is 0.494 e. The number of ether oxygens (including phenoxy) is 1. The molecule has 1 heterocycles. The predicted molar refractivity (Wildman–Crippen MR) is 107 cm³/mol. The molecule has 2 aromatic carbocycles. The number of carbonyl (C=O) groups excluding carboxylic acids is 1. The van der Waals surface area contributed by atoms with E-state index in [0.717, 1.165) is 11.4 Å². The van der Waals surface area contributed by atoms with Crippen LogP contribution in [0, 0.1) is 6.92 Å². The number of halogens is 1. The monoisotopic (exact) mass is 382 g/mol. The number of aryl methyl sites for hydroxylation is 1. The molecule has 0 radical (unpaired) electrons. The highest BCUT2D eigenvalue weighted by Crippen LogP contribution is 2.19. The highest BCUT2D eigenvalue weighted by Gasteiger charge is 2.11. The van der Waals surface area contributed by atoms with Gasteiger partial charge in [0.2, 0.25) is 0 Å². The second-order valence-electron chi connectivity index (χ2n) is 5.73. The lowest BCUT2D eigenvalue weighted by molar-refractivity contribution is 0.102. The van der Waals surface area contributed by atoms with Gasteiger partial charge in [-0.15, -0.1) is 0 Å². The van der Waals surface area contributed by atoms with Gasteiger partial charge in [0.25, 0.3) is 5.91 Å². The average molecular weight is 383 g/mol. The van der Waals surface area contributed by atoms with Gasteiger partial charge in [0.1, 0.15) is 23.1 Å². The standard InChI is InChI=1S/C20H19ClN4O2/c1-3-27-17-10-8-16(9-11-17)25-20(26)18-12-19(23-13(2)22-18)24-15-6-4-14(21)5-7-15/h4-12H,3H2,1-2H3,(H,25,26)(H,22,23,24). The van der Waals surface area contributed by atoms with Crippen LogP contribution < -0.4 is 15.4 Å². The Hall–Kier alpha value is -3.12. The zero-order valence-electron chi connectivity index (χ0n) is 15.0. The van der Waals surface area contributed by atoms with Gasteiger partial charge in [-0.3, -0.25) is 4.79 Å². The van der Waals surface area contributed by atoms with Crippen LogP contribution in [0.5, 0.6) is 5.75 Å². The van der Waals surface area contributed by atoms with Crippen LogP contribution in [0.25, 0.3) is 0 Å². The predicted octanol–water partition coefficient (Wildman–Crippen LogP) is 4.83. The third-order valence-electron chi connectivity index (χ3n) is 3.61. The second-order valence-corrected chi connectivity index (χ2v) is 6.17. The Balaban J connectivity index is 1.74. The minimum absolute atomic E-state index is 0.271. The summed E-state index contributed by atoms with van der Waals surface area (Å²) in [6, 6.07) is 16.0. The molecular weight excluding hydrogens is 364 g/mol. The van der Waals surface area contributed by atoms with Gasteiger partial charge in [-0.25, -0.2) is 9.97 Å². The quantitative estimate of drug-likeness (QED) is 0.638. The lowest BCUT2D eigenvalue weighted by atomic mass is 10.2. The number of nitrogens with zero attached hydrogens (tertiary/aromatic N) is 2. The van der Waals surface area contributed by atoms with Crippen molar-refractivity contribution in [2.75, 3.05) is 17.2 Å². The fourth-order valence-electron chi connectivity index (χ4n) is 2.43. The van der Waals surface area contributed by atoms with Gasteiger partial charge in [-0.2, -0.15) is 0 Å². The third-order valence-corrected chi connectivity index (χ3v) is 3.86. The van der Waals surface area contributed by atoms with Crippen LogP contribution in [-0.2, 0) is 0 Å². The first-order chi connectivity index (χ1) is 13.0. The van der Waals surface area contributed by atoms with E-state index in [0.29, 0.717) is 29.0 Å². The van der Waals surface area contributed by atoms with Crippen molar-refractivity contribution in [2.24, 2.45) is 0 Å². The SMILES string of the molecule is CCOc1ccc(NC(=O)c2cc(Nc3ccc(Cl)cc3)nc(C)n2)cc1. The molecule has 3 aromatic rings. The highest BCUT2D eigenvalue weighted by atomic mass is 35.5. The molecule has 138 valence electrons. The number of hydrogen-bond donors (Lipinski definition) is 2. The van der Waals surface area contributed by atoms with Crippen LogP contribution >= 0.6 is 11.6 Å². The van der Waals surface area contributed by atoms with Crippen molar-refractivity contribution >= 4 is 34.7 Å². The van der Waals surface area contributed by atoms with E-state index in [4.69, 9.17) is 16.3 Å². The van der Waals surface area contributed by atoms with Crippen LogP contribution in [0.4, 0.5) is 17.2 Å². The summed E-state index contributed by atoms with van der Waals surface area (Å²) in [5, 5.41) is 6.62. The zero-order chi connectivity index (χ0) is 19.2. The molecule has 0 saturated heterocycles. The van der Waals surface area contributed by atoms with Crippen LogP contribution in [0.2, 0.25) is 5.02 Å². The Kier molecular flexibility index (Phi) is 5.88. The first-order valence-corrected chi connectivity index (χ1v) is 8.84. The van der Waals surface area contributed by atoms with E-state index in [1.165, 1.54) is 0 Å². The molecule has 7 heteroatoms. The summed E-state index contributed by atoms with van der Waals surface area (Å²) in [7, 11) is 0. The Morgan fingerprint density at radius 3 is 2.37 bits per heavy atom. The molecule has 0 aliphatic rings. The Morgan fingerprint density at radius 1 is 1.04 bits per heavy atom. The molecule has 0 fully saturated rings. The number of amides is 1. The fraction of sp³-hybridized carbons (Fsp3) is 0.150. The number of rotatable bonds is 6. The summed E-state index contributed by atoms with van der Waals surface area (Å²) < 4.78 is 5.40. The summed E-state index contributed by atoms with van der Waals surface area (Å²) in [4.78, 5) is 21.1. The molecule has 0 aliphatic heterocycles. The van der Waals surface area contributed by atoms with E-state index in [2.05, 4.69) is 20.6 Å². The molecule has 0 saturated carbocycles. The second kappa shape index (κ2) is 8.51. The molecule has 27 heavy (non-hydrogen) atoms. The van der Waals surface area contributed by atoms with E-state index in [1.54, 1.807) is 49.4 Å². The van der Waals surface area contributed by atoms with E-state index >= 15 is 0 Å². The maximum Gasteiger partial charge on any atom is 0.274 e. The van der Waals surface area contributed by atoms with E-state index in [1.807, 2.05) is 19.1 Å². The van der Waals surface area contributed by atoms with Gasteiger partial charge in [-0.05, 0) is 62.4 Å². The lowest BCUT2D eigenvalue weighted by Gasteiger charge is -2.10.